The largest absolute Gasteiger partial charge is 0.496 e. The van der Waals surface area contributed by atoms with E-state index in [4.69, 9.17) is 17.0 Å². The number of benzene rings is 1. The number of ether oxygens (including phenoxy) is 1. The van der Waals surface area contributed by atoms with Crippen molar-refractivity contribution in [3.8, 4) is 17.1 Å². The summed E-state index contributed by atoms with van der Waals surface area (Å²) in [5.41, 5.74) is 2.04. The number of hydrogen-bond donors (Lipinski definition) is 2. The van der Waals surface area contributed by atoms with Crippen molar-refractivity contribution in [2.75, 3.05) is 7.11 Å². The van der Waals surface area contributed by atoms with Gasteiger partial charge in [-0.2, -0.15) is 5.10 Å². The highest BCUT2D eigenvalue weighted by Gasteiger charge is 2.08. The highest BCUT2D eigenvalue weighted by molar-refractivity contribution is 7.71. The Kier molecular flexibility index (Phi) is 2.55. The van der Waals surface area contributed by atoms with Crippen LogP contribution in [0.1, 0.15) is 5.56 Å². The number of hydrogen-bond acceptors (Lipinski definition) is 3. The summed E-state index contributed by atoms with van der Waals surface area (Å²) in [7, 11) is 1.64. The van der Waals surface area contributed by atoms with E-state index in [1.54, 1.807) is 7.11 Å². The first-order valence-corrected chi connectivity index (χ1v) is 4.91. The fraction of sp³-hybridized carbons (Fsp3) is 0.200. The molecule has 4 nitrogen and oxygen atoms in total. The summed E-state index contributed by atoms with van der Waals surface area (Å²) >= 11 is 4.92. The van der Waals surface area contributed by atoms with Crippen LogP contribution >= 0.6 is 12.2 Å². The SMILES string of the molecule is COc1cc(C)ccc1-c1n[nH]c(=S)[nH]1. The molecular formula is C10H11N3OS. The van der Waals surface area contributed by atoms with E-state index in [1.807, 2.05) is 25.1 Å². The first-order chi connectivity index (χ1) is 7.20. The van der Waals surface area contributed by atoms with Gasteiger partial charge in [-0.3, -0.25) is 5.10 Å². The number of aryl methyl sites for hydroxylation is 1. The van der Waals surface area contributed by atoms with Crippen LogP contribution in [0, 0.1) is 11.7 Å². The lowest BCUT2D eigenvalue weighted by atomic mass is 10.1. The molecular weight excluding hydrogens is 210 g/mol. The molecule has 5 heteroatoms. The highest BCUT2D eigenvalue weighted by Crippen LogP contribution is 2.27. The van der Waals surface area contributed by atoms with Crippen LogP contribution in [0.15, 0.2) is 18.2 Å². The second-order valence-corrected chi connectivity index (χ2v) is 3.64. The van der Waals surface area contributed by atoms with Gasteiger partial charge < -0.3 is 9.72 Å². The molecule has 0 radical (unpaired) electrons. The van der Waals surface area contributed by atoms with Crippen molar-refractivity contribution in [3.05, 3.63) is 28.5 Å². The molecule has 0 aliphatic heterocycles. The number of aromatic amines is 2. The molecule has 0 amide bonds. The van der Waals surface area contributed by atoms with E-state index in [2.05, 4.69) is 15.2 Å². The molecule has 0 spiro atoms. The third-order valence-corrected chi connectivity index (χ3v) is 2.31. The Morgan fingerprint density at radius 2 is 2.20 bits per heavy atom. The van der Waals surface area contributed by atoms with E-state index in [1.165, 1.54) is 0 Å². The van der Waals surface area contributed by atoms with E-state index >= 15 is 0 Å². The lowest BCUT2D eigenvalue weighted by Gasteiger charge is -2.06. The van der Waals surface area contributed by atoms with Crippen LogP contribution in [0.4, 0.5) is 0 Å². The maximum atomic E-state index is 5.28. The third-order valence-electron chi connectivity index (χ3n) is 2.11. The maximum Gasteiger partial charge on any atom is 0.192 e. The minimum atomic E-state index is 0.507. The highest BCUT2D eigenvalue weighted by atomic mass is 32.1. The first-order valence-electron chi connectivity index (χ1n) is 4.50. The third kappa shape index (κ3) is 1.92. The molecule has 0 bridgehead atoms. The molecule has 2 rings (SSSR count). The monoisotopic (exact) mass is 221 g/mol. The average Bonchev–Trinajstić information content (AvgIpc) is 2.64. The lowest BCUT2D eigenvalue weighted by Crippen LogP contribution is -1.90. The van der Waals surface area contributed by atoms with Gasteiger partial charge >= 0.3 is 0 Å². The molecule has 0 aliphatic carbocycles. The number of nitrogens with one attached hydrogen (secondary N) is 2. The van der Waals surface area contributed by atoms with Gasteiger partial charge in [-0.05, 0) is 36.8 Å². The van der Waals surface area contributed by atoms with Gasteiger partial charge in [-0.25, -0.2) is 0 Å². The molecule has 78 valence electrons. The minimum Gasteiger partial charge on any atom is -0.496 e. The van der Waals surface area contributed by atoms with E-state index in [-0.39, 0.29) is 0 Å². The minimum absolute atomic E-state index is 0.507. The summed E-state index contributed by atoms with van der Waals surface area (Å²) in [6, 6.07) is 5.92. The zero-order chi connectivity index (χ0) is 10.8. The van der Waals surface area contributed by atoms with Crippen molar-refractivity contribution in [2.45, 2.75) is 6.92 Å². The predicted molar refractivity (Wildman–Crippen MR) is 60.5 cm³/mol. The van der Waals surface area contributed by atoms with E-state index in [0.717, 1.165) is 16.9 Å². The van der Waals surface area contributed by atoms with Crippen LogP contribution in [0.2, 0.25) is 0 Å². The summed E-state index contributed by atoms with van der Waals surface area (Å²) in [4.78, 5) is 2.95. The number of aromatic nitrogens is 3. The van der Waals surface area contributed by atoms with Gasteiger partial charge in [0.1, 0.15) is 5.75 Å². The Hall–Kier alpha value is -1.62. The second-order valence-electron chi connectivity index (χ2n) is 3.23. The second kappa shape index (κ2) is 3.86. The van der Waals surface area contributed by atoms with Gasteiger partial charge in [0.15, 0.2) is 10.6 Å². The van der Waals surface area contributed by atoms with Crippen molar-refractivity contribution in [1.82, 2.24) is 15.2 Å². The molecule has 1 heterocycles. The molecule has 1 aromatic carbocycles. The summed E-state index contributed by atoms with van der Waals surface area (Å²) in [6.07, 6.45) is 0. The molecule has 2 aromatic rings. The zero-order valence-electron chi connectivity index (χ0n) is 8.50. The lowest BCUT2D eigenvalue weighted by molar-refractivity contribution is 0.416. The smallest absolute Gasteiger partial charge is 0.192 e. The normalized spacial score (nSPS) is 10.3. The summed E-state index contributed by atoms with van der Waals surface area (Å²) in [5, 5.41) is 6.75. The quantitative estimate of drug-likeness (QED) is 0.766. The van der Waals surface area contributed by atoms with Gasteiger partial charge in [0.25, 0.3) is 0 Å². The molecule has 2 N–H and O–H groups in total. The standard InChI is InChI=1S/C10H11N3OS/c1-6-3-4-7(8(5-6)14-2)9-11-10(15)13-12-9/h3-5H,1-2H3,(H2,11,12,13,15). The number of rotatable bonds is 2. The van der Waals surface area contributed by atoms with Gasteiger partial charge in [-0.15, -0.1) is 0 Å². The Morgan fingerprint density at radius 3 is 2.80 bits per heavy atom. The Labute approximate surface area is 92.3 Å². The fourth-order valence-corrected chi connectivity index (χ4v) is 1.53. The van der Waals surface area contributed by atoms with Crippen LogP contribution in [-0.2, 0) is 0 Å². The van der Waals surface area contributed by atoms with Crippen LogP contribution in [0.3, 0.4) is 0 Å². The average molecular weight is 221 g/mol. The van der Waals surface area contributed by atoms with Crippen molar-refractivity contribution in [3.63, 3.8) is 0 Å². The summed E-state index contributed by atoms with van der Waals surface area (Å²) < 4.78 is 5.79. The van der Waals surface area contributed by atoms with Gasteiger partial charge in [0, 0.05) is 0 Å². The molecule has 15 heavy (non-hydrogen) atoms. The van der Waals surface area contributed by atoms with Crippen molar-refractivity contribution >= 4 is 12.2 Å². The Morgan fingerprint density at radius 1 is 1.40 bits per heavy atom. The molecule has 0 fully saturated rings. The van der Waals surface area contributed by atoms with E-state index < -0.39 is 0 Å². The number of methoxy groups -OCH3 is 1. The van der Waals surface area contributed by atoms with Crippen molar-refractivity contribution < 1.29 is 4.74 Å². The fourth-order valence-electron chi connectivity index (χ4n) is 1.39. The molecule has 0 unspecified atom stereocenters. The predicted octanol–water partition coefficient (Wildman–Crippen LogP) is 2.45. The molecule has 1 aromatic heterocycles. The van der Waals surface area contributed by atoms with E-state index in [9.17, 15) is 0 Å². The Bertz CT molecular complexity index is 529. The van der Waals surface area contributed by atoms with Crippen LogP contribution in [-0.4, -0.2) is 22.3 Å². The van der Waals surface area contributed by atoms with Gasteiger partial charge in [0.05, 0.1) is 12.7 Å². The molecule has 0 saturated carbocycles. The summed E-state index contributed by atoms with van der Waals surface area (Å²) in [5.74, 6) is 1.48. The first kappa shape index (κ1) is 9.92. The molecule has 0 saturated heterocycles. The summed E-state index contributed by atoms with van der Waals surface area (Å²) in [6.45, 7) is 2.01. The van der Waals surface area contributed by atoms with E-state index in [0.29, 0.717) is 10.6 Å². The van der Waals surface area contributed by atoms with Crippen molar-refractivity contribution in [2.24, 2.45) is 0 Å². The number of H-pyrrole nitrogens is 2. The van der Waals surface area contributed by atoms with Crippen LogP contribution in [0.5, 0.6) is 5.75 Å². The van der Waals surface area contributed by atoms with Crippen LogP contribution in [0.25, 0.3) is 11.4 Å². The number of nitrogens with zero attached hydrogens (tertiary/aromatic N) is 1. The van der Waals surface area contributed by atoms with Gasteiger partial charge in [-0.1, -0.05) is 6.07 Å². The van der Waals surface area contributed by atoms with Crippen LogP contribution < -0.4 is 4.74 Å². The van der Waals surface area contributed by atoms with Crippen molar-refractivity contribution in [1.29, 1.82) is 0 Å². The maximum absolute atomic E-state index is 5.28. The molecule has 0 atom stereocenters. The topological polar surface area (TPSA) is 53.7 Å². The zero-order valence-corrected chi connectivity index (χ0v) is 9.31. The Balaban J connectivity index is 2.57. The van der Waals surface area contributed by atoms with Gasteiger partial charge in [0.2, 0.25) is 0 Å². The molecule has 0 aliphatic rings.